The second kappa shape index (κ2) is 6.20. The Kier molecular flexibility index (Phi) is 4.55. The first-order chi connectivity index (χ1) is 9.92. The molecule has 2 aromatic carbocycles. The fourth-order valence-corrected chi connectivity index (χ4v) is 1.97. The molecule has 0 saturated carbocycles. The lowest BCUT2D eigenvalue weighted by molar-refractivity contribution is 0.0998. The summed E-state index contributed by atoms with van der Waals surface area (Å²) < 4.78 is 23.7. The number of methoxy groups -OCH3 is 1. The summed E-state index contributed by atoms with van der Waals surface area (Å²) in [5.74, 6) is -0.744. The van der Waals surface area contributed by atoms with Crippen LogP contribution in [0.2, 0.25) is 10.0 Å². The molecule has 110 valence electrons. The summed E-state index contributed by atoms with van der Waals surface area (Å²) in [7, 11) is 1.37. The number of carbonyl (C=O) groups excluding carboxylic acids is 1. The van der Waals surface area contributed by atoms with Gasteiger partial charge < -0.3 is 15.2 Å². The summed E-state index contributed by atoms with van der Waals surface area (Å²) in [6.07, 6.45) is 0. The van der Waals surface area contributed by atoms with Crippen LogP contribution in [0.1, 0.15) is 10.4 Å². The van der Waals surface area contributed by atoms with Crippen LogP contribution in [0.15, 0.2) is 30.3 Å². The number of nitrogens with two attached hydrogens (primary N) is 1. The smallest absolute Gasteiger partial charge is 0.252 e. The third-order valence-corrected chi connectivity index (χ3v) is 3.36. The van der Waals surface area contributed by atoms with Gasteiger partial charge in [-0.15, -0.1) is 0 Å². The largest absolute Gasteiger partial charge is 0.493 e. The van der Waals surface area contributed by atoms with Gasteiger partial charge in [-0.25, -0.2) is 4.39 Å². The number of carbonyl (C=O) groups is 1. The van der Waals surface area contributed by atoms with Crippen LogP contribution >= 0.6 is 23.2 Å². The maximum atomic E-state index is 13.1. The molecule has 0 saturated heterocycles. The van der Waals surface area contributed by atoms with E-state index in [2.05, 4.69) is 0 Å². The minimum absolute atomic E-state index is 0.0516. The van der Waals surface area contributed by atoms with Crippen molar-refractivity contribution in [1.82, 2.24) is 0 Å². The van der Waals surface area contributed by atoms with Crippen LogP contribution in [0.25, 0.3) is 0 Å². The molecule has 0 unspecified atom stereocenters. The second-order valence-electron chi connectivity index (χ2n) is 4.02. The molecular weight excluding hydrogens is 320 g/mol. The summed E-state index contributed by atoms with van der Waals surface area (Å²) in [6, 6.07) is 6.36. The Bertz CT molecular complexity index is 707. The van der Waals surface area contributed by atoms with Gasteiger partial charge in [0.1, 0.15) is 11.6 Å². The Morgan fingerprint density at radius 3 is 2.38 bits per heavy atom. The summed E-state index contributed by atoms with van der Waals surface area (Å²) in [6.45, 7) is 0. The van der Waals surface area contributed by atoms with Gasteiger partial charge in [-0.1, -0.05) is 23.2 Å². The summed E-state index contributed by atoms with van der Waals surface area (Å²) in [5.41, 5.74) is 5.32. The first kappa shape index (κ1) is 15.4. The Hall–Kier alpha value is -1.98. The second-order valence-corrected chi connectivity index (χ2v) is 4.84. The van der Waals surface area contributed by atoms with Crippen molar-refractivity contribution in [3.63, 3.8) is 0 Å². The summed E-state index contributed by atoms with van der Waals surface area (Å²) >= 11 is 11.7. The predicted molar refractivity (Wildman–Crippen MR) is 78.0 cm³/mol. The highest BCUT2D eigenvalue weighted by molar-refractivity contribution is 6.42. The number of rotatable bonds is 4. The predicted octanol–water partition coefficient (Wildman–Crippen LogP) is 4.03. The van der Waals surface area contributed by atoms with Crippen molar-refractivity contribution in [2.45, 2.75) is 0 Å². The Morgan fingerprint density at radius 2 is 1.76 bits per heavy atom. The fraction of sp³-hybridized carbons (Fsp3) is 0.0714. The summed E-state index contributed by atoms with van der Waals surface area (Å²) in [5, 5.41) is 0.363. The zero-order valence-corrected chi connectivity index (χ0v) is 12.3. The number of primary amides is 1. The van der Waals surface area contributed by atoms with Crippen molar-refractivity contribution in [3.8, 4) is 17.2 Å². The molecule has 4 nitrogen and oxygen atoms in total. The third-order valence-electron chi connectivity index (χ3n) is 2.63. The number of amides is 1. The van der Waals surface area contributed by atoms with Gasteiger partial charge >= 0.3 is 0 Å². The lowest BCUT2D eigenvalue weighted by atomic mass is 10.2. The lowest BCUT2D eigenvalue weighted by Crippen LogP contribution is -2.12. The van der Waals surface area contributed by atoms with E-state index >= 15 is 0 Å². The summed E-state index contributed by atoms with van der Waals surface area (Å²) in [4.78, 5) is 11.4. The van der Waals surface area contributed by atoms with Crippen LogP contribution in [-0.2, 0) is 0 Å². The van der Waals surface area contributed by atoms with E-state index in [0.717, 1.165) is 6.07 Å². The molecule has 0 heterocycles. The standard InChI is InChI=1S/C14H10Cl2FNO3/c1-20-13-4-7(17)2-3-11(13)21-12-6-10(16)9(15)5-8(12)14(18)19/h2-6H,1H3,(H2,18,19). The van der Waals surface area contributed by atoms with Gasteiger partial charge in [-0.3, -0.25) is 4.79 Å². The van der Waals surface area contributed by atoms with Crippen LogP contribution in [0.3, 0.4) is 0 Å². The zero-order chi connectivity index (χ0) is 15.6. The molecule has 1 amide bonds. The number of benzene rings is 2. The molecule has 0 atom stereocenters. The van der Waals surface area contributed by atoms with Gasteiger partial charge in [0.2, 0.25) is 0 Å². The monoisotopic (exact) mass is 329 g/mol. The van der Waals surface area contributed by atoms with Crippen LogP contribution in [0.4, 0.5) is 4.39 Å². The van der Waals surface area contributed by atoms with Crippen molar-refractivity contribution in [1.29, 1.82) is 0 Å². The minimum atomic E-state index is -0.732. The molecule has 2 aromatic rings. The Morgan fingerprint density at radius 1 is 1.10 bits per heavy atom. The van der Waals surface area contributed by atoms with Gasteiger partial charge in [0, 0.05) is 12.1 Å². The average Bonchev–Trinajstić information content (AvgIpc) is 2.44. The molecule has 0 aromatic heterocycles. The molecule has 21 heavy (non-hydrogen) atoms. The highest BCUT2D eigenvalue weighted by Crippen LogP contribution is 2.37. The van der Waals surface area contributed by atoms with E-state index in [0.29, 0.717) is 0 Å². The topological polar surface area (TPSA) is 61.6 Å². The highest BCUT2D eigenvalue weighted by Gasteiger charge is 2.16. The first-order valence-corrected chi connectivity index (χ1v) is 6.48. The third kappa shape index (κ3) is 3.37. The molecule has 0 spiro atoms. The maximum Gasteiger partial charge on any atom is 0.252 e. The molecule has 7 heteroatoms. The van der Waals surface area contributed by atoms with Gasteiger partial charge in [-0.05, 0) is 18.2 Å². The molecule has 2 N–H and O–H groups in total. The van der Waals surface area contributed by atoms with E-state index in [4.69, 9.17) is 38.4 Å². The van der Waals surface area contributed by atoms with Crippen molar-refractivity contribution >= 4 is 29.1 Å². The lowest BCUT2D eigenvalue weighted by Gasteiger charge is -2.13. The molecular formula is C14H10Cl2FNO3. The number of ether oxygens (including phenoxy) is 2. The van der Waals surface area contributed by atoms with Gasteiger partial charge in [0.05, 0.1) is 22.7 Å². The molecule has 0 aliphatic heterocycles. The van der Waals surface area contributed by atoms with Gasteiger partial charge in [0.15, 0.2) is 11.5 Å². The SMILES string of the molecule is COc1cc(F)ccc1Oc1cc(Cl)c(Cl)cc1C(N)=O. The van der Waals surface area contributed by atoms with Crippen molar-refractivity contribution in [3.05, 3.63) is 51.8 Å². The first-order valence-electron chi connectivity index (χ1n) is 5.72. The van der Waals surface area contributed by atoms with E-state index in [1.807, 2.05) is 0 Å². The molecule has 2 rings (SSSR count). The van der Waals surface area contributed by atoms with E-state index in [1.165, 1.54) is 31.4 Å². The minimum Gasteiger partial charge on any atom is -0.493 e. The van der Waals surface area contributed by atoms with Crippen LogP contribution in [0.5, 0.6) is 17.2 Å². The number of hydrogen-bond donors (Lipinski definition) is 1. The van der Waals surface area contributed by atoms with Crippen LogP contribution in [0, 0.1) is 5.82 Å². The van der Waals surface area contributed by atoms with E-state index in [1.54, 1.807) is 0 Å². The number of hydrogen-bond acceptors (Lipinski definition) is 3. The van der Waals surface area contributed by atoms with E-state index in [9.17, 15) is 9.18 Å². The number of halogens is 3. The molecule has 0 aliphatic rings. The van der Waals surface area contributed by atoms with Gasteiger partial charge in [0.25, 0.3) is 5.91 Å². The molecule has 0 radical (unpaired) electrons. The average molecular weight is 330 g/mol. The Labute approximate surface area is 130 Å². The normalized spacial score (nSPS) is 10.3. The highest BCUT2D eigenvalue weighted by atomic mass is 35.5. The van der Waals surface area contributed by atoms with E-state index < -0.39 is 11.7 Å². The van der Waals surface area contributed by atoms with Crippen LogP contribution in [-0.4, -0.2) is 13.0 Å². The molecule has 0 aliphatic carbocycles. The van der Waals surface area contributed by atoms with Crippen molar-refractivity contribution in [2.24, 2.45) is 5.73 Å². The molecule has 0 fully saturated rings. The van der Waals surface area contributed by atoms with Crippen molar-refractivity contribution < 1.29 is 18.7 Å². The Balaban J connectivity index is 2.48. The van der Waals surface area contributed by atoms with Gasteiger partial charge in [-0.2, -0.15) is 0 Å². The maximum absolute atomic E-state index is 13.1. The van der Waals surface area contributed by atoms with Crippen molar-refractivity contribution in [2.75, 3.05) is 7.11 Å². The fourth-order valence-electron chi connectivity index (χ4n) is 1.65. The zero-order valence-electron chi connectivity index (χ0n) is 10.8. The molecule has 0 bridgehead atoms. The van der Waals surface area contributed by atoms with Crippen LogP contribution < -0.4 is 15.2 Å². The van der Waals surface area contributed by atoms with E-state index in [-0.39, 0.29) is 32.9 Å². The quantitative estimate of drug-likeness (QED) is 0.920.